The van der Waals surface area contributed by atoms with E-state index in [4.69, 9.17) is 4.98 Å². The lowest BCUT2D eigenvalue weighted by Crippen LogP contribution is -2.44. The summed E-state index contributed by atoms with van der Waals surface area (Å²) in [6.45, 7) is 7.77. The molecule has 2 aromatic heterocycles. The van der Waals surface area contributed by atoms with Gasteiger partial charge in [-0.25, -0.2) is 4.98 Å². The van der Waals surface area contributed by atoms with Crippen LogP contribution in [-0.4, -0.2) is 54.1 Å². The Labute approximate surface area is 196 Å². The SMILES string of the molecule is CC1CCCC(C(Cc2c[nH]c3ccccc23)NCc2cnc(N3CCN(C)CC3)s2)C1. The number of H-pyrrole nitrogens is 1. The number of nitrogens with one attached hydrogen (secondary N) is 2. The summed E-state index contributed by atoms with van der Waals surface area (Å²) < 4.78 is 0. The van der Waals surface area contributed by atoms with Gasteiger partial charge in [0, 0.05) is 66.9 Å². The fraction of sp³-hybridized carbons (Fsp3) is 0.577. The molecule has 1 aliphatic heterocycles. The molecule has 0 spiro atoms. The first-order chi connectivity index (χ1) is 15.7. The molecule has 3 atom stereocenters. The summed E-state index contributed by atoms with van der Waals surface area (Å²) >= 11 is 1.87. The Morgan fingerprint density at radius 1 is 1.19 bits per heavy atom. The Bertz CT molecular complexity index is 1000. The number of thiazole rings is 1. The van der Waals surface area contributed by atoms with Gasteiger partial charge in [-0.3, -0.25) is 0 Å². The first-order valence-corrected chi connectivity index (χ1v) is 13.1. The molecule has 1 aliphatic carbocycles. The Morgan fingerprint density at radius 2 is 2.03 bits per heavy atom. The lowest BCUT2D eigenvalue weighted by atomic mass is 9.77. The third kappa shape index (κ3) is 5.03. The molecule has 0 radical (unpaired) electrons. The van der Waals surface area contributed by atoms with E-state index in [1.807, 2.05) is 11.3 Å². The van der Waals surface area contributed by atoms with Crippen molar-refractivity contribution >= 4 is 27.4 Å². The number of nitrogens with zero attached hydrogens (tertiary/aromatic N) is 3. The van der Waals surface area contributed by atoms with E-state index in [9.17, 15) is 0 Å². The average Bonchev–Trinajstić information content (AvgIpc) is 3.44. The molecular formula is C26H37N5S. The van der Waals surface area contributed by atoms with Crippen molar-refractivity contribution < 1.29 is 0 Å². The summed E-state index contributed by atoms with van der Waals surface area (Å²) in [5, 5.41) is 6.55. The van der Waals surface area contributed by atoms with E-state index in [1.165, 1.54) is 52.2 Å². The lowest BCUT2D eigenvalue weighted by Gasteiger charge is -2.34. The maximum atomic E-state index is 4.76. The van der Waals surface area contributed by atoms with Crippen LogP contribution in [0.5, 0.6) is 0 Å². The number of anilines is 1. The monoisotopic (exact) mass is 451 g/mol. The first kappa shape index (κ1) is 21.9. The minimum Gasteiger partial charge on any atom is -0.361 e. The van der Waals surface area contributed by atoms with Crippen LogP contribution in [0.15, 0.2) is 36.7 Å². The standard InChI is InChI=1S/C26H37N5S/c1-19-6-5-7-20(14-19)25(15-21-16-27-24-9-4-3-8-23(21)24)28-17-22-18-29-26(32-22)31-12-10-30(2)11-13-31/h3-4,8-9,16,18-20,25,27-28H,5-7,10-15,17H2,1-2H3. The van der Waals surface area contributed by atoms with Gasteiger partial charge in [-0.1, -0.05) is 38.0 Å². The fourth-order valence-electron chi connectivity index (χ4n) is 5.54. The molecule has 2 N–H and O–H groups in total. The quantitative estimate of drug-likeness (QED) is 0.536. The van der Waals surface area contributed by atoms with Crippen LogP contribution in [0.1, 0.15) is 43.0 Å². The third-order valence-electron chi connectivity index (χ3n) is 7.51. The number of para-hydroxylation sites is 1. The van der Waals surface area contributed by atoms with E-state index < -0.39 is 0 Å². The number of piperazine rings is 1. The van der Waals surface area contributed by atoms with Crippen molar-refractivity contribution in [3.05, 3.63) is 47.1 Å². The second-order valence-electron chi connectivity index (χ2n) is 9.98. The Hall–Kier alpha value is -1.89. The fourth-order valence-corrected chi connectivity index (χ4v) is 6.46. The molecule has 3 unspecified atom stereocenters. The lowest BCUT2D eigenvalue weighted by molar-refractivity contribution is 0.220. The second-order valence-corrected chi connectivity index (χ2v) is 11.1. The van der Waals surface area contributed by atoms with E-state index >= 15 is 0 Å². The number of fused-ring (bicyclic) bond motifs is 1. The van der Waals surface area contributed by atoms with Crippen LogP contribution in [0, 0.1) is 11.8 Å². The number of aromatic amines is 1. The molecule has 0 bridgehead atoms. The van der Waals surface area contributed by atoms with Crippen molar-refractivity contribution in [2.45, 2.75) is 51.6 Å². The normalized spacial score (nSPS) is 23.6. The maximum Gasteiger partial charge on any atom is 0.185 e. The molecule has 3 heterocycles. The number of aromatic nitrogens is 2. The van der Waals surface area contributed by atoms with Gasteiger partial charge in [0.05, 0.1) is 0 Å². The topological polar surface area (TPSA) is 47.2 Å². The number of rotatable bonds is 7. The second kappa shape index (κ2) is 9.94. The van der Waals surface area contributed by atoms with E-state index in [0.29, 0.717) is 6.04 Å². The van der Waals surface area contributed by atoms with Crippen LogP contribution in [0.25, 0.3) is 10.9 Å². The van der Waals surface area contributed by atoms with Crippen molar-refractivity contribution in [3.8, 4) is 0 Å². The maximum absolute atomic E-state index is 4.76. The van der Waals surface area contributed by atoms with Crippen LogP contribution in [-0.2, 0) is 13.0 Å². The molecule has 5 rings (SSSR count). The third-order valence-corrected chi connectivity index (χ3v) is 8.57. The summed E-state index contributed by atoms with van der Waals surface area (Å²) in [4.78, 5) is 14.4. The summed E-state index contributed by atoms with van der Waals surface area (Å²) in [6, 6.07) is 9.21. The summed E-state index contributed by atoms with van der Waals surface area (Å²) in [7, 11) is 2.20. The highest BCUT2D eigenvalue weighted by Gasteiger charge is 2.27. The molecule has 2 fully saturated rings. The Balaban J connectivity index is 1.28. The van der Waals surface area contributed by atoms with Gasteiger partial charge in [0.1, 0.15) is 0 Å². The molecule has 172 valence electrons. The molecule has 32 heavy (non-hydrogen) atoms. The number of benzene rings is 1. The molecule has 6 heteroatoms. The molecule has 1 aromatic carbocycles. The largest absolute Gasteiger partial charge is 0.361 e. The molecule has 1 saturated carbocycles. The van der Waals surface area contributed by atoms with Gasteiger partial charge in [-0.15, -0.1) is 11.3 Å². The Kier molecular flexibility index (Phi) is 6.81. The predicted octanol–water partition coefficient (Wildman–Crippen LogP) is 4.90. The van der Waals surface area contributed by atoms with Gasteiger partial charge < -0.3 is 20.1 Å². The number of hydrogen-bond donors (Lipinski definition) is 2. The van der Waals surface area contributed by atoms with Crippen LogP contribution < -0.4 is 10.2 Å². The van der Waals surface area contributed by atoms with E-state index in [-0.39, 0.29) is 0 Å². The summed E-state index contributed by atoms with van der Waals surface area (Å²) in [6.07, 6.45) is 10.9. The predicted molar refractivity (Wildman–Crippen MR) is 136 cm³/mol. The zero-order valence-electron chi connectivity index (χ0n) is 19.5. The van der Waals surface area contributed by atoms with Gasteiger partial charge in [-0.2, -0.15) is 0 Å². The molecule has 1 saturated heterocycles. The molecule has 2 aliphatic rings. The molecular weight excluding hydrogens is 414 g/mol. The van der Waals surface area contributed by atoms with Crippen LogP contribution in [0.4, 0.5) is 5.13 Å². The minimum atomic E-state index is 0.506. The van der Waals surface area contributed by atoms with Gasteiger partial charge in [0.15, 0.2) is 5.13 Å². The smallest absolute Gasteiger partial charge is 0.185 e. The summed E-state index contributed by atoms with van der Waals surface area (Å²) in [5.74, 6) is 1.59. The van der Waals surface area contributed by atoms with Gasteiger partial charge in [0.2, 0.25) is 0 Å². The van der Waals surface area contributed by atoms with Gasteiger partial charge in [0.25, 0.3) is 0 Å². The zero-order chi connectivity index (χ0) is 21.9. The number of hydrogen-bond acceptors (Lipinski definition) is 5. The average molecular weight is 452 g/mol. The highest BCUT2D eigenvalue weighted by atomic mass is 32.1. The van der Waals surface area contributed by atoms with E-state index in [1.54, 1.807) is 0 Å². The van der Waals surface area contributed by atoms with Crippen molar-refractivity contribution in [1.29, 1.82) is 0 Å². The van der Waals surface area contributed by atoms with Crippen molar-refractivity contribution in [2.75, 3.05) is 38.1 Å². The number of likely N-dealkylation sites (N-methyl/N-ethyl adjacent to an activating group) is 1. The van der Waals surface area contributed by atoms with E-state index in [2.05, 4.69) is 70.7 Å². The van der Waals surface area contributed by atoms with Crippen molar-refractivity contribution in [2.24, 2.45) is 11.8 Å². The molecule has 3 aromatic rings. The highest BCUT2D eigenvalue weighted by molar-refractivity contribution is 7.15. The zero-order valence-corrected chi connectivity index (χ0v) is 20.3. The van der Waals surface area contributed by atoms with Crippen LogP contribution in [0.3, 0.4) is 0 Å². The highest BCUT2D eigenvalue weighted by Crippen LogP contribution is 2.33. The van der Waals surface area contributed by atoms with Crippen molar-refractivity contribution in [3.63, 3.8) is 0 Å². The minimum absolute atomic E-state index is 0.506. The van der Waals surface area contributed by atoms with E-state index in [0.717, 1.165) is 51.0 Å². The van der Waals surface area contributed by atoms with Crippen molar-refractivity contribution in [1.82, 2.24) is 20.2 Å². The molecule has 5 nitrogen and oxygen atoms in total. The van der Waals surface area contributed by atoms with Crippen LogP contribution in [0.2, 0.25) is 0 Å². The first-order valence-electron chi connectivity index (χ1n) is 12.3. The Morgan fingerprint density at radius 3 is 2.88 bits per heavy atom. The summed E-state index contributed by atoms with van der Waals surface area (Å²) in [5.41, 5.74) is 2.69. The van der Waals surface area contributed by atoms with Gasteiger partial charge >= 0.3 is 0 Å². The van der Waals surface area contributed by atoms with Gasteiger partial charge in [-0.05, 0) is 49.8 Å². The van der Waals surface area contributed by atoms with Crippen LogP contribution >= 0.6 is 11.3 Å². The molecule has 0 amide bonds.